The number of alkyl halides is 3. The van der Waals surface area contributed by atoms with Crippen LogP contribution in [0.4, 0.5) is 13.2 Å². The van der Waals surface area contributed by atoms with Gasteiger partial charge in [0.05, 0.1) is 12.6 Å². The van der Waals surface area contributed by atoms with Crippen molar-refractivity contribution in [3.63, 3.8) is 0 Å². The first-order valence-electron chi connectivity index (χ1n) is 6.38. The maximum Gasteiger partial charge on any atom is 0.451 e. The largest absolute Gasteiger partial charge is 0.451 e. The summed E-state index contributed by atoms with van der Waals surface area (Å²) in [6.07, 6.45) is -3.21. The first kappa shape index (κ1) is 14.8. The Hall–Kier alpha value is -1.64. The van der Waals surface area contributed by atoms with Crippen LogP contribution in [0.1, 0.15) is 31.4 Å². The van der Waals surface area contributed by atoms with Gasteiger partial charge in [-0.25, -0.2) is 0 Å². The molecule has 0 aromatic carbocycles. The van der Waals surface area contributed by atoms with Gasteiger partial charge in [-0.1, -0.05) is 13.3 Å². The van der Waals surface area contributed by atoms with Gasteiger partial charge in [-0.3, -0.25) is 4.79 Å². The highest BCUT2D eigenvalue weighted by Crippen LogP contribution is 2.29. The molecule has 1 aliphatic rings. The maximum absolute atomic E-state index is 12.7. The van der Waals surface area contributed by atoms with Crippen molar-refractivity contribution in [1.82, 2.24) is 19.7 Å². The van der Waals surface area contributed by atoms with Crippen LogP contribution in [0, 0.1) is 0 Å². The molecule has 9 heteroatoms. The zero-order valence-corrected chi connectivity index (χ0v) is 11.0. The fraction of sp³-hybridized carbons (Fsp3) is 0.727. The predicted octanol–water partition coefficient (Wildman–Crippen LogP) is 0.766. The highest BCUT2D eigenvalue weighted by molar-refractivity contribution is 5.81. The van der Waals surface area contributed by atoms with Crippen molar-refractivity contribution >= 4 is 5.91 Å². The van der Waals surface area contributed by atoms with Crippen molar-refractivity contribution in [2.45, 2.75) is 45.1 Å². The summed E-state index contributed by atoms with van der Waals surface area (Å²) >= 11 is 0. The molecule has 0 unspecified atom stereocenters. The van der Waals surface area contributed by atoms with E-state index in [9.17, 15) is 18.0 Å². The minimum absolute atomic E-state index is 0.0132. The highest BCUT2D eigenvalue weighted by atomic mass is 19.4. The maximum atomic E-state index is 12.7. The number of hydrogen-bond acceptors (Lipinski definition) is 4. The number of amides is 1. The Morgan fingerprint density at radius 3 is 2.70 bits per heavy atom. The standard InChI is InChI=1S/C11H16F3N5O/c1-2-3-7(15)9(20)18-4-5-19-8(6-18)16-17-10(19)11(12,13)14/h7H,2-6,15H2,1H3/t7-/m1/s1. The number of nitrogens with two attached hydrogens (primary N) is 1. The lowest BCUT2D eigenvalue weighted by molar-refractivity contribution is -0.148. The summed E-state index contributed by atoms with van der Waals surface area (Å²) in [4.78, 5) is 13.5. The molecule has 1 aromatic rings. The molecular formula is C11H16F3N5O. The molecule has 0 bridgehead atoms. The number of fused-ring (bicyclic) bond motifs is 1. The zero-order chi connectivity index (χ0) is 14.9. The summed E-state index contributed by atoms with van der Waals surface area (Å²) in [7, 11) is 0. The Balaban J connectivity index is 2.13. The second kappa shape index (κ2) is 5.39. The van der Waals surface area contributed by atoms with E-state index in [1.54, 1.807) is 0 Å². The molecule has 2 rings (SSSR count). The molecule has 0 aliphatic carbocycles. The smallest absolute Gasteiger partial charge is 0.332 e. The fourth-order valence-electron chi connectivity index (χ4n) is 2.22. The van der Waals surface area contributed by atoms with Gasteiger partial charge in [-0.05, 0) is 6.42 Å². The van der Waals surface area contributed by atoms with Crippen LogP contribution in [0.5, 0.6) is 0 Å². The van der Waals surface area contributed by atoms with E-state index in [4.69, 9.17) is 5.73 Å². The van der Waals surface area contributed by atoms with E-state index in [2.05, 4.69) is 10.2 Å². The molecule has 1 amide bonds. The van der Waals surface area contributed by atoms with Gasteiger partial charge in [0, 0.05) is 13.1 Å². The third-order valence-electron chi connectivity index (χ3n) is 3.24. The summed E-state index contributed by atoms with van der Waals surface area (Å²) in [5, 5.41) is 6.68. The molecule has 6 nitrogen and oxygen atoms in total. The van der Waals surface area contributed by atoms with Crippen LogP contribution in [0.15, 0.2) is 0 Å². The SMILES string of the molecule is CCC[C@@H](N)C(=O)N1CCn2c(nnc2C(F)(F)F)C1. The van der Waals surface area contributed by atoms with Crippen molar-refractivity contribution in [3.8, 4) is 0 Å². The van der Waals surface area contributed by atoms with Gasteiger partial charge in [-0.2, -0.15) is 13.2 Å². The van der Waals surface area contributed by atoms with Crippen molar-refractivity contribution in [1.29, 1.82) is 0 Å². The van der Waals surface area contributed by atoms with Gasteiger partial charge < -0.3 is 15.2 Å². The van der Waals surface area contributed by atoms with E-state index in [0.717, 1.165) is 11.0 Å². The molecule has 2 N–H and O–H groups in total. The van der Waals surface area contributed by atoms with Gasteiger partial charge >= 0.3 is 6.18 Å². The van der Waals surface area contributed by atoms with E-state index < -0.39 is 18.0 Å². The molecule has 1 atom stereocenters. The summed E-state index contributed by atoms with van der Waals surface area (Å²) in [6, 6.07) is -0.614. The fourth-order valence-corrected chi connectivity index (χ4v) is 2.22. The lowest BCUT2D eigenvalue weighted by Crippen LogP contribution is -2.47. The van der Waals surface area contributed by atoms with E-state index in [1.807, 2.05) is 6.92 Å². The Bertz CT molecular complexity index is 499. The number of carbonyl (C=O) groups excluding carboxylic acids is 1. The average molecular weight is 291 g/mol. The molecule has 0 fully saturated rings. The van der Waals surface area contributed by atoms with Crippen molar-refractivity contribution < 1.29 is 18.0 Å². The normalized spacial score (nSPS) is 16.9. The van der Waals surface area contributed by atoms with Gasteiger partial charge in [0.25, 0.3) is 0 Å². The zero-order valence-electron chi connectivity index (χ0n) is 11.0. The molecule has 112 valence electrons. The molecule has 1 aliphatic heterocycles. The Morgan fingerprint density at radius 2 is 2.10 bits per heavy atom. The van der Waals surface area contributed by atoms with Crippen LogP contribution in [0.3, 0.4) is 0 Å². The van der Waals surface area contributed by atoms with Gasteiger partial charge in [0.1, 0.15) is 0 Å². The van der Waals surface area contributed by atoms with Crippen LogP contribution in [-0.2, 0) is 24.1 Å². The highest BCUT2D eigenvalue weighted by Gasteiger charge is 2.40. The number of carbonyl (C=O) groups is 1. The van der Waals surface area contributed by atoms with Crippen LogP contribution in [0.2, 0.25) is 0 Å². The Labute approximate surface area is 113 Å². The van der Waals surface area contributed by atoms with Crippen LogP contribution in [0.25, 0.3) is 0 Å². The number of nitrogens with zero attached hydrogens (tertiary/aromatic N) is 4. The quantitative estimate of drug-likeness (QED) is 0.892. The first-order valence-corrected chi connectivity index (χ1v) is 6.38. The molecule has 2 heterocycles. The molecule has 0 radical (unpaired) electrons. The minimum Gasteiger partial charge on any atom is -0.332 e. The monoisotopic (exact) mass is 291 g/mol. The summed E-state index contributed by atoms with van der Waals surface area (Å²) in [5.74, 6) is -1.13. The minimum atomic E-state index is -4.53. The van der Waals surface area contributed by atoms with Gasteiger partial charge in [0.2, 0.25) is 11.7 Å². The van der Waals surface area contributed by atoms with Crippen molar-refractivity contribution in [3.05, 3.63) is 11.6 Å². The first-order chi connectivity index (χ1) is 9.34. The average Bonchev–Trinajstić information content (AvgIpc) is 2.80. The molecule has 20 heavy (non-hydrogen) atoms. The lowest BCUT2D eigenvalue weighted by atomic mass is 10.1. The van der Waals surface area contributed by atoms with E-state index in [0.29, 0.717) is 6.42 Å². The van der Waals surface area contributed by atoms with Crippen molar-refractivity contribution in [2.75, 3.05) is 6.54 Å². The van der Waals surface area contributed by atoms with E-state index in [1.165, 1.54) is 4.90 Å². The van der Waals surface area contributed by atoms with Gasteiger partial charge in [0.15, 0.2) is 5.82 Å². The predicted molar refractivity (Wildman–Crippen MR) is 63.3 cm³/mol. The molecule has 1 aromatic heterocycles. The third-order valence-corrected chi connectivity index (χ3v) is 3.24. The number of halogens is 3. The number of rotatable bonds is 3. The number of hydrogen-bond donors (Lipinski definition) is 1. The van der Waals surface area contributed by atoms with Crippen molar-refractivity contribution in [2.24, 2.45) is 5.73 Å². The third kappa shape index (κ3) is 2.77. The summed E-state index contributed by atoms with van der Waals surface area (Å²) in [5.41, 5.74) is 5.74. The molecular weight excluding hydrogens is 275 g/mol. The molecule has 0 saturated heterocycles. The second-order valence-corrected chi connectivity index (χ2v) is 4.74. The van der Waals surface area contributed by atoms with E-state index in [-0.39, 0.29) is 31.4 Å². The van der Waals surface area contributed by atoms with E-state index >= 15 is 0 Å². The molecule has 0 saturated carbocycles. The lowest BCUT2D eigenvalue weighted by Gasteiger charge is -2.29. The Kier molecular flexibility index (Phi) is 3.98. The van der Waals surface area contributed by atoms with Crippen LogP contribution < -0.4 is 5.73 Å². The Morgan fingerprint density at radius 1 is 1.40 bits per heavy atom. The summed E-state index contributed by atoms with van der Waals surface area (Å²) in [6.45, 7) is 2.14. The second-order valence-electron chi connectivity index (χ2n) is 4.74. The van der Waals surface area contributed by atoms with Crippen LogP contribution in [-0.4, -0.2) is 38.2 Å². The molecule has 0 spiro atoms. The summed E-state index contributed by atoms with van der Waals surface area (Å²) < 4.78 is 39.0. The van der Waals surface area contributed by atoms with Gasteiger partial charge in [-0.15, -0.1) is 10.2 Å². The topological polar surface area (TPSA) is 77.0 Å². The number of aromatic nitrogens is 3. The van der Waals surface area contributed by atoms with Crippen LogP contribution >= 0.6 is 0 Å².